The van der Waals surface area contributed by atoms with E-state index in [-0.39, 0.29) is 6.61 Å². The Bertz CT molecular complexity index is 203. The highest BCUT2D eigenvalue weighted by Gasteiger charge is 2.50. The fraction of sp³-hybridized carbons (Fsp3) is 0.800. The smallest absolute Gasteiger partial charge is 0.0644 e. The summed E-state index contributed by atoms with van der Waals surface area (Å²) in [5.74, 6) is 1.58. The summed E-state index contributed by atoms with van der Waals surface area (Å²) in [7, 11) is 0. The van der Waals surface area contributed by atoms with Crippen LogP contribution in [0.5, 0.6) is 0 Å². The van der Waals surface area contributed by atoms with E-state index in [1.54, 1.807) is 0 Å². The average molecular weight is 152 g/mol. The maximum atomic E-state index is 9.05. The molecule has 1 fully saturated rings. The monoisotopic (exact) mass is 152 g/mol. The molecule has 1 nitrogen and oxygen atoms in total. The van der Waals surface area contributed by atoms with Gasteiger partial charge in [0.1, 0.15) is 0 Å². The van der Waals surface area contributed by atoms with Crippen LogP contribution in [0.25, 0.3) is 0 Å². The second kappa shape index (κ2) is 2.10. The number of fused-ring (bicyclic) bond motifs is 1. The second-order valence-electron chi connectivity index (χ2n) is 4.48. The topological polar surface area (TPSA) is 20.2 Å². The number of allylic oxidation sites excluding steroid dienone is 1. The van der Waals surface area contributed by atoms with Gasteiger partial charge in [-0.2, -0.15) is 0 Å². The summed E-state index contributed by atoms with van der Waals surface area (Å²) in [6, 6.07) is 0. The largest absolute Gasteiger partial charge is 0.392 e. The quantitative estimate of drug-likeness (QED) is 0.569. The van der Waals surface area contributed by atoms with Crippen LogP contribution in [-0.4, -0.2) is 11.7 Å². The van der Waals surface area contributed by atoms with Crippen molar-refractivity contribution >= 4 is 0 Å². The van der Waals surface area contributed by atoms with Crippen LogP contribution in [0.3, 0.4) is 0 Å². The summed E-state index contributed by atoms with van der Waals surface area (Å²) < 4.78 is 0. The summed E-state index contributed by atoms with van der Waals surface area (Å²) in [6.07, 6.45) is 4.75. The standard InChI is InChI=1S/C10H16O/c1-10(2)8-4-3-7(6-11)9(10)5-8/h3,8-9,11H,4-6H2,1-2H3/t8?,9-/m1/s1. The van der Waals surface area contributed by atoms with Gasteiger partial charge in [-0.3, -0.25) is 0 Å². The molecule has 0 aliphatic heterocycles. The van der Waals surface area contributed by atoms with E-state index in [1.165, 1.54) is 18.4 Å². The maximum Gasteiger partial charge on any atom is 0.0644 e. The molecule has 3 aliphatic carbocycles. The molecule has 1 heteroatoms. The Kier molecular flexibility index (Phi) is 1.40. The van der Waals surface area contributed by atoms with Crippen LogP contribution in [0.1, 0.15) is 26.7 Å². The lowest BCUT2D eigenvalue weighted by Gasteiger charge is -2.56. The minimum Gasteiger partial charge on any atom is -0.392 e. The fourth-order valence-corrected chi connectivity index (χ4v) is 2.66. The van der Waals surface area contributed by atoms with Crippen molar-refractivity contribution in [3.8, 4) is 0 Å². The van der Waals surface area contributed by atoms with Gasteiger partial charge >= 0.3 is 0 Å². The average Bonchev–Trinajstić information content (AvgIpc) is 2.04. The molecule has 1 unspecified atom stereocenters. The minimum atomic E-state index is 0.279. The zero-order valence-electron chi connectivity index (χ0n) is 7.30. The molecule has 0 heterocycles. The van der Waals surface area contributed by atoms with Gasteiger partial charge in [0.05, 0.1) is 6.61 Å². The van der Waals surface area contributed by atoms with Gasteiger partial charge in [0.25, 0.3) is 0 Å². The third kappa shape index (κ3) is 0.807. The molecule has 0 saturated heterocycles. The number of aliphatic hydroxyl groups excluding tert-OH is 1. The van der Waals surface area contributed by atoms with E-state index in [0.717, 1.165) is 5.92 Å². The van der Waals surface area contributed by atoms with Gasteiger partial charge in [0, 0.05) is 0 Å². The van der Waals surface area contributed by atoms with Gasteiger partial charge in [0.2, 0.25) is 0 Å². The van der Waals surface area contributed by atoms with Crippen molar-refractivity contribution < 1.29 is 5.11 Å². The van der Waals surface area contributed by atoms with Crippen LogP contribution < -0.4 is 0 Å². The van der Waals surface area contributed by atoms with Gasteiger partial charge in [-0.25, -0.2) is 0 Å². The molecule has 0 aromatic rings. The molecular weight excluding hydrogens is 136 g/mol. The first-order valence-corrected chi connectivity index (χ1v) is 4.46. The van der Waals surface area contributed by atoms with Crippen LogP contribution in [0.15, 0.2) is 11.6 Å². The van der Waals surface area contributed by atoms with E-state index < -0.39 is 0 Å². The van der Waals surface area contributed by atoms with Crippen molar-refractivity contribution in [1.82, 2.24) is 0 Å². The molecule has 0 spiro atoms. The predicted molar refractivity (Wildman–Crippen MR) is 45.2 cm³/mol. The van der Waals surface area contributed by atoms with Gasteiger partial charge < -0.3 is 5.11 Å². The van der Waals surface area contributed by atoms with Crippen molar-refractivity contribution in [3.63, 3.8) is 0 Å². The first-order valence-electron chi connectivity index (χ1n) is 4.46. The highest BCUT2D eigenvalue weighted by molar-refractivity contribution is 5.23. The van der Waals surface area contributed by atoms with Gasteiger partial charge in [0.15, 0.2) is 0 Å². The summed E-state index contributed by atoms with van der Waals surface area (Å²) in [5.41, 5.74) is 1.77. The fourth-order valence-electron chi connectivity index (χ4n) is 2.66. The molecule has 62 valence electrons. The van der Waals surface area contributed by atoms with E-state index in [4.69, 9.17) is 5.11 Å². The van der Waals surface area contributed by atoms with Crippen molar-refractivity contribution in [3.05, 3.63) is 11.6 Å². The SMILES string of the molecule is CC1(C)C2CC=C(CO)[C@H]1C2. The van der Waals surface area contributed by atoms with E-state index in [0.29, 0.717) is 11.3 Å². The van der Waals surface area contributed by atoms with Crippen molar-refractivity contribution in [2.75, 3.05) is 6.61 Å². The van der Waals surface area contributed by atoms with E-state index in [2.05, 4.69) is 19.9 Å². The Morgan fingerprint density at radius 2 is 2.36 bits per heavy atom. The minimum absolute atomic E-state index is 0.279. The summed E-state index contributed by atoms with van der Waals surface area (Å²) in [5, 5.41) is 9.05. The lowest BCUT2D eigenvalue weighted by molar-refractivity contribution is -0.0125. The molecule has 2 bridgehead atoms. The third-order valence-electron chi connectivity index (χ3n) is 3.77. The summed E-state index contributed by atoms with van der Waals surface area (Å²) in [4.78, 5) is 0. The summed E-state index contributed by atoms with van der Waals surface area (Å²) >= 11 is 0. The predicted octanol–water partition coefficient (Wildman–Crippen LogP) is 1.97. The molecule has 0 aromatic heterocycles. The Labute approximate surface area is 68.1 Å². The van der Waals surface area contributed by atoms with Crippen LogP contribution in [0.4, 0.5) is 0 Å². The van der Waals surface area contributed by atoms with E-state index >= 15 is 0 Å². The van der Waals surface area contributed by atoms with Crippen LogP contribution in [0, 0.1) is 17.3 Å². The van der Waals surface area contributed by atoms with Crippen LogP contribution in [-0.2, 0) is 0 Å². The molecule has 1 N–H and O–H groups in total. The molecule has 3 aliphatic rings. The van der Waals surface area contributed by atoms with Crippen molar-refractivity contribution in [1.29, 1.82) is 0 Å². The number of rotatable bonds is 1. The van der Waals surface area contributed by atoms with Gasteiger partial charge in [-0.1, -0.05) is 19.9 Å². The first-order chi connectivity index (χ1) is 5.16. The Morgan fingerprint density at radius 3 is 2.73 bits per heavy atom. The number of hydrogen-bond donors (Lipinski definition) is 1. The lowest BCUT2D eigenvalue weighted by atomic mass is 9.49. The summed E-state index contributed by atoms with van der Waals surface area (Å²) in [6.45, 7) is 4.93. The molecule has 2 atom stereocenters. The molecule has 1 saturated carbocycles. The zero-order valence-corrected chi connectivity index (χ0v) is 7.30. The molecular formula is C10H16O. The van der Waals surface area contributed by atoms with E-state index in [9.17, 15) is 0 Å². The van der Waals surface area contributed by atoms with Crippen molar-refractivity contribution in [2.45, 2.75) is 26.7 Å². The van der Waals surface area contributed by atoms with Crippen LogP contribution in [0.2, 0.25) is 0 Å². The maximum absolute atomic E-state index is 9.05. The number of hydrogen-bond acceptors (Lipinski definition) is 1. The lowest BCUT2D eigenvalue weighted by Crippen LogP contribution is -2.48. The Morgan fingerprint density at radius 1 is 1.64 bits per heavy atom. The Hall–Kier alpha value is -0.300. The first kappa shape index (κ1) is 7.35. The molecule has 11 heavy (non-hydrogen) atoms. The third-order valence-corrected chi connectivity index (χ3v) is 3.77. The molecule has 3 rings (SSSR count). The molecule has 0 aromatic carbocycles. The van der Waals surface area contributed by atoms with Gasteiger partial charge in [-0.15, -0.1) is 0 Å². The Balaban J connectivity index is 2.23. The van der Waals surface area contributed by atoms with Crippen molar-refractivity contribution in [2.24, 2.45) is 17.3 Å². The second-order valence-corrected chi connectivity index (χ2v) is 4.48. The van der Waals surface area contributed by atoms with E-state index in [1.807, 2.05) is 0 Å². The van der Waals surface area contributed by atoms with Gasteiger partial charge in [-0.05, 0) is 35.7 Å². The molecule has 0 radical (unpaired) electrons. The highest BCUT2D eigenvalue weighted by atomic mass is 16.3. The normalized spacial score (nSPS) is 39.4. The highest BCUT2D eigenvalue weighted by Crippen LogP contribution is 2.58. The molecule has 0 amide bonds. The van der Waals surface area contributed by atoms with Crippen LogP contribution >= 0.6 is 0 Å². The zero-order chi connectivity index (χ0) is 8.06. The number of aliphatic hydroxyl groups is 1.